The summed E-state index contributed by atoms with van der Waals surface area (Å²) in [5.74, 6) is 1.97. The van der Waals surface area contributed by atoms with Gasteiger partial charge in [-0.25, -0.2) is 15.0 Å². The molecule has 3 heterocycles. The highest BCUT2D eigenvalue weighted by Crippen LogP contribution is 2.45. The highest BCUT2D eigenvalue weighted by molar-refractivity contribution is 7.26. The van der Waals surface area contributed by atoms with Gasteiger partial charge in [0.1, 0.15) is 0 Å². The number of hydrogen-bond donors (Lipinski definition) is 0. The Kier molecular flexibility index (Phi) is 6.86. The van der Waals surface area contributed by atoms with Crippen molar-refractivity contribution in [1.29, 1.82) is 0 Å². The summed E-state index contributed by atoms with van der Waals surface area (Å²) in [6.07, 6.45) is 0. The number of nitrogens with zero attached hydrogens (tertiary/aromatic N) is 3. The third-order valence-electron chi connectivity index (χ3n) is 9.34. The van der Waals surface area contributed by atoms with Gasteiger partial charge in [-0.1, -0.05) is 133 Å². The Labute approximate surface area is 296 Å². The summed E-state index contributed by atoms with van der Waals surface area (Å²) in [4.78, 5) is 15.1. The quantitative estimate of drug-likeness (QED) is 0.182. The van der Waals surface area contributed by atoms with Gasteiger partial charge >= 0.3 is 0 Å². The third kappa shape index (κ3) is 4.90. The fourth-order valence-corrected chi connectivity index (χ4v) is 9.31. The van der Waals surface area contributed by atoms with Crippen molar-refractivity contribution in [2.24, 2.45) is 0 Å². The maximum atomic E-state index is 5.10. The number of aromatic nitrogens is 3. The zero-order valence-electron chi connectivity index (χ0n) is 26.7. The molecule has 0 fully saturated rings. The molecular formula is C45H27N3S2. The lowest BCUT2D eigenvalue weighted by molar-refractivity contribution is 1.07. The molecule has 0 aliphatic rings. The molecule has 3 nitrogen and oxygen atoms in total. The minimum atomic E-state index is 0.654. The van der Waals surface area contributed by atoms with Crippen LogP contribution in [0.15, 0.2) is 164 Å². The minimum Gasteiger partial charge on any atom is -0.208 e. The van der Waals surface area contributed by atoms with Crippen LogP contribution in [0.2, 0.25) is 0 Å². The van der Waals surface area contributed by atoms with Gasteiger partial charge in [0.25, 0.3) is 0 Å². The topological polar surface area (TPSA) is 38.7 Å². The highest BCUT2D eigenvalue weighted by Gasteiger charge is 2.18. The van der Waals surface area contributed by atoms with Crippen molar-refractivity contribution in [2.45, 2.75) is 0 Å². The maximum absolute atomic E-state index is 5.10. The van der Waals surface area contributed by atoms with Gasteiger partial charge in [-0.2, -0.15) is 0 Å². The van der Waals surface area contributed by atoms with Crippen molar-refractivity contribution in [2.75, 3.05) is 0 Å². The molecule has 0 spiro atoms. The number of fused-ring (bicyclic) bond motifs is 6. The van der Waals surface area contributed by atoms with Gasteiger partial charge in [0, 0.05) is 57.0 Å². The molecule has 50 heavy (non-hydrogen) atoms. The second kappa shape index (κ2) is 11.8. The summed E-state index contributed by atoms with van der Waals surface area (Å²) in [5, 5.41) is 5.19. The van der Waals surface area contributed by atoms with Crippen LogP contribution in [0.25, 0.3) is 96.8 Å². The molecule has 234 valence electrons. The first-order chi connectivity index (χ1) is 24.8. The van der Waals surface area contributed by atoms with E-state index in [0.29, 0.717) is 17.5 Å². The van der Waals surface area contributed by atoms with E-state index in [1.54, 1.807) is 0 Å². The maximum Gasteiger partial charge on any atom is 0.164 e. The highest BCUT2D eigenvalue weighted by atomic mass is 32.1. The Morgan fingerprint density at radius 1 is 0.300 bits per heavy atom. The molecule has 5 heteroatoms. The van der Waals surface area contributed by atoms with Crippen LogP contribution in [0.4, 0.5) is 0 Å². The fourth-order valence-electron chi connectivity index (χ4n) is 7.01. The average molecular weight is 674 g/mol. The van der Waals surface area contributed by atoms with Crippen LogP contribution in [-0.2, 0) is 0 Å². The van der Waals surface area contributed by atoms with Crippen LogP contribution in [-0.4, -0.2) is 15.0 Å². The Hall–Kier alpha value is -6.01. The van der Waals surface area contributed by atoms with E-state index in [9.17, 15) is 0 Å². The zero-order valence-corrected chi connectivity index (χ0v) is 28.4. The molecule has 0 radical (unpaired) electrons. The zero-order chi connectivity index (χ0) is 33.0. The van der Waals surface area contributed by atoms with Gasteiger partial charge in [0.15, 0.2) is 17.5 Å². The fraction of sp³-hybridized carbons (Fsp3) is 0. The Morgan fingerprint density at radius 2 is 0.780 bits per heavy atom. The first kappa shape index (κ1) is 29.0. The van der Waals surface area contributed by atoms with Gasteiger partial charge < -0.3 is 0 Å². The summed E-state index contributed by atoms with van der Waals surface area (Å²) >= 11 is 3.69. The van der Waals surface area contributed by atoms with Crippen molar-refractivity contribution in [1.82, 2.24) is 15.0 Å². The molecule has 3 aromatic heterocycles. The molecule has 0 saturated carbocycles. The standard InChI is InChI=1S/C45H27N3S2/c1-3-12-28(13-4-1)30-16-9-17-31(26-30)44-46-43(29-14-5-2-6-15-29)47-45(48-44)32-24-25-36-40(27-32)50-39-23-11-20-34(42(36)39)33-19-10-22-38-41(33)35-18-7-8-21-37(35)49-38/h1-27H. The first-order valence-electron chi connectivity index (χ1n) is 16.6. The lowest BCUT2D eigenvalue weighted by atomic mass is 9.95. The second-order valence-corrected chi connectivity index (χ2v) is 14.6. The van der Waals surface area contributed by atoms with Gasteiger partial charge in [0.05, 0.1) is 0 Å². The molecule has 0 bridgehead atoms. The van der Waals surface area contributed by atoms with Crippen molar-refractivity contribution in [3.63, 3.8) is 0 Å². The van der Waals surface area contributed by atoms with E-state index in [1.807, 2.05) is 46.9 Å². The summed E-state index contributed by atoms with van der Waals surface area (Å²) in [6.45, 7) is 0. The number of benzene rings is 7. The lowest BCUT2D eigenvalue weighted by Gasteiger charge is -2.10. The molecular weight excluding hydrogens is 647 g/mol. The molecule has 10 aromatic rings. The second-order valence-electron chi connectivity index (χ2n) is 12.4. The first-order valence-corrected chi connectivity index (χ1v) is 18.2. The van der Waals surface area contributed by atoms with E-state index in [-0.39, 0.29) is 0 Å². The predicted octanol–water partition coefficient (Wildman–Crippen LogP) is 12.9. The van der Waals surface area contributed by atoms with Gasteiger partial charge in [-0.15, -0.1) is 22.7 Å². The molecule has 0 unspecified atom stereocenters. The van der Waals surface area contributed by atoms with Crippen molar-refractivity contribution < 1.29 is 0 Å². The molecule has 7 aromatic carbocycles. The Balaban J connectivity index is 1.14. The van der Waals surface area contributed by atoms with Crippen LogP contribution in [0.3, 0.4) is 0 Å². The van der Waals surface area contributed by atoms with Crippen LogP contribution in [0.1, 0.15) is 0 Å². The Bertz CT molecular complexity index is 2870. The van der Waals surface area contributed by atoms with Crippen LogP contribution < -0.4 is 0 Å². The van der Waals surface area contributed by atoms with E-state index in [0.717, 1.165) is 27.8 Å². The van der Waals surface area contributed by atoms with E-state index < -0.39 is 0 Å². The lowest BCUT2D eigenvalue weighted by Crippen LogP contribution is -2.00. The molecule has 0 saturated heterocycles. The van der Waals surface area contributed by atoms with E-state index in [2.05, 4.69) is 140 Å². The summed E-state index contributed by atoms with van der Waals surface area (Å²) in [6, 6.07) is 57.9. The van der Waals surface area contributed by atoms with Crippen LogP contribution in [0.5, 0.6) is 0 Å². The largest absolute Gasteiger partial charge is 0.208 e. The molecule has 0 amide bonds. The minimum absolute atomic E-state index is 0.654. The van der Waals surface area contributed by atoms with E-state index >= 15 is 0 Å². The van der Waals surface area contributed by atoms with E-state index in [4.69, 9.17) is 15.0 Å². The van der Waals surface area contributed by atoms with Crippen LogP contribution >= 0.6 is 22.7 Å². The molecule has 0 atom stereocenters. The third-order valence-corrected chi connectivity index (χ3v) is 11.6. The normalized spacial score (nSPS) is 11.6. The summed E-state index contributed by atoms with van der Waals surface area (Å²) in [7, 11) is 0. The van der Waals surface area contributed by atoms with Gasteiger partial charge in [0.2, 0.25) is 0 Å². The van der Waals surface area contributed by atoms with Gasteiger partial charge in [-0.3, -0.25) is 0 Å². The smallest absolute Gasteiger partial charge is 0.164 e. The van der Waals surface area contributed by atoms with Gasteiger partial charge in [-0.05, 0) is 52.6 Å². The Morgan fingerprint density at radius 3 is 1.48 bits per heavy atom. The SMILES string of the molecule is c1ccc(-c2cccc(-c3nc(-c4ccccc4)nc(-c4ccc5c(c4)sc4cccc(-c6cccc7sc8ccccc8c67)c45)n3)c2)cc1. The monoisotopic (exact) mass is 673 g/mol. The average Bonchev–Trinajstić information content (AvgIpc) is 3.77. The van der Waals surface area contributed by atoms with Crippen LogP contribution in [0, 0.1) is 0 Å². The molecule has 10 rings (SSSR count). The summed E-state index contributed by atoms with van der Waals surface area (Å²) < 4.78 is 5.11. The number of rotatable bonds is 5. The van der Waals surface area contributed by atoms with E-state index in [1.165, 1.54) is 51.5 Å². The summed E-state index contributed by atoms with van der Waals surface area (Å²) in [5.41, 5.74) is 7.71. The molecule has 0 aliphatic carbocycles. The number of thiophene rings is 2. The van der Waals surface area contributed by atoms with Crippen molar-refractivity contribution in [3.05, 3.63) is 164 Å². The number of hydrogen-bond acceptors (Lipinski definition) is 5. The predicted molar refractivity (Wildman–Crippen MR) is 213 cm³/mol. The molecule has 0 aliphatic heterocycles. The molecule has 0 N–H and O–H groups in total. The van der Waals surface area contributed by atoms with Crippen molar-refractivity contribution in [3.8, 4) is 56.4 Å². The van der Waals surface area contributed by atoms with Crippen molar-refractivity contribution >= 4 is 63.0 Å².